The first-order chi connectivity index (χ1) is 5.63. The summed E-state index contributed by atoms with van der Waals surface area (Å²) in [5, 5.41) is 28.8. The molecular weight excluding hydrogens is 166 g/mol. The molecule has 0 aliphatic rings. The van der Waals surface area contributed by atoms with Gasteiger partial charge >= 0.3 is 0 Å². The molecule has 0 saturated heterocycles. The minimum atomic E-state index is -1.69. The number of carbonyl (C=O) groups is 1. The molecule has 0 saturated carbocycles. The molecule has 7 nitrogen and oxygen atoms in total. The fourth-order valence-electron chi connectivity index (χ4n) is 0.509. The van der Waals surface area contributed by atoms with Crippen LogP contribution in [-0.4, -0.2) is 46.5 Å². The summed E-state index contributed by atoms with van der Waals surface area (Å²) in [7, 11) is 0. The molecule has 0 rings (SSSR count). The van der Waals surface area contributed by atoms with E-state index in [1.807, 2.05) is 0 Å². The number of ketones is 1. The van der Waals surface area contributed by atoms with Crippen molar-refractivity contribution in [1.82, 2.24) is 0 Å². The van der Waals surface area contributed by atoms with Crippen molar-refractivity contribution in [1.29, 1.82) is 0 Å². The van der Waals surface area contributed by atoms with Gasteiger partial charge in [0.25, 0.3) is 0 Å². The number of rotatable bonds is 5. The fraction of sp³-hybridized carbons (Fsp3) is 0.800. The summed E-state index contributed by atoms with van der Waals surface area (Å²) in [6, 6.07) is 0. The second-order valence-electron chi connectivity index (χ2n) is 2.05. The first kappa shape index (κ1) is 10.9. The van der Waals surface area contributed by atoms with E-state index in [2.05, 4.69) is 10.0 Å². The summed E-state index contributed by atoms with van der Waals surface area (Å²) >= 11 is 0. The Bertz CT molecular complexity index is 201. The van der Waals surface area contributed by atoms with Gasteiger partial charge in [-0.25, -0.2) is 0 Å². The van der Waals surface area contributed by atoms with E-state index in [1.165, 1.54) is 0 Å². The molecule has 0 aromatic carbocycles. The molecule has 0 bridgehead atoms. The summed E-state index contributed by atoms with van der Waals surface area (Å²) in [4.78, 5) is 13.0. The Morgan fingerprint density at radius 3 is 2.58 bits per heavy atom. The third-order valence-corrected chi connectivity index (χ3v) is 1.17. The van der Waals surface area contributed by atoms with Gasteiger partial charge in [-0.2, -0.15) is 0 Å². The monoisotopic (exact) mass is 175 g/mol. The Balaban J connectivity index is 4.00. The van der Waals surface area contributed by atoms with Crippen LogP contribution in [0.2, 0.25) is 0 Å². The topological polar surface area (TPSA) is 127 Å². The lowest BCUT2D eigenvalue weighted by molar-refractivity contribution is -0.133. The van der Waals surface area contributed by atoms with Crippen molar-refractivity contribution in [2.75, 3.05) is 13.2 Å². The zero-order valence-corrected chi connectivity index (χ0v) is 6.16. The van der Waals surface area contributed by atoms with Gasteiger partial charge in [0.15, 0.2) is 5.78 Å². The second-order valence-corrected chi connectivity index (χ2v) is 2.05. The zero-order valence-electron chi connectivity index (χ0n) is 6.16. The number of hydrogen-bond acceptors (Lipinski definition) is 5. The predicted octanol–water partition coefficient (Wildman–Crippen LogP) is -1.42. The Morgan fingerprint density at radius 2 is 2.17 bits per heavy atom. The van der Waals surface area contributed by atoms with E-state index in [4.69, 9.17) is 20.9 Å². The van der Waals surface area contributed by atoms with Gasteiger partial charge in [0.1, 0.15) is 12.2 Å². The van der Waals surface area contributed by atoms with Crippen LogP contribution in [0.25, 0.3) is 10.4 Å². The normalized spacial score (nSPS) is 14.6. The standard InChI is InChI=1S/C5H9N3O4/c6-8-7-1-3(10)5(12)4(11)2-9/h4-5,9,11-12H,1-2H2/t4?,5-/m0/s1. The van der Waals surface area contributed by atoms with E-state index in [1.54, 1.807) is 0 Å². The Morgan fingerprint density at radius 1 is 1.58 bits per heavy atom. The van der Waals surface area contributed by atoms with E-state index in [0.717, 1.165) is 0 Å². The molecule has 3 N–H and O–H groups in total. The van der Waals surface area contributed by atoms with E-state index < -0.39 is 31.1 Å². The molecule has 0 aliphatic heterocycles. The molecular formula is C5H9N3O4. The van der Waals surface area contributed by atoms with Crippen molar-refractivity contribution in [2.24, 2.45) is 5.11 Å². The average Bonchev–Trinajstić information content (AvgIpc) is 2.11. The first-order valence-corrected chi connectivity index (χ1v) is 3.14. The van der Waals surface area contributed by atoms with Crippen molar-refractivity contribution < 1.29 is 20.1 Å². The summed E-state index contributed by atoms with van der Waals surface area (Å²) in [5.74, 6) is -0.825. The molecule has 0 aromatic rings. The van der Waals surface area contributed by atoms with E-state index >= 15 is 0 Å². The van der Waals surface area contributed by atoms with Gasteiger partial charge in [0.05, 0.1) is 13.2 Å². The van der Waals surface area contributed by atoms with Crippen LogP contribution >= 0.6 is 0 Å². The Kier molecular flexibility index (Phi) is 4.98. The highest BCUT2D eigenvalue weighted by molar-refractivity contribution is 5.85. The number of hydrogen-bond donors (Lipinski definition) is 3. The predicted molar refractivity (Wildman–Crippen MR) is 38.1 cm³/mol. The van der Waals surface area contributed by atoms with Crippen molar-refractivity contribution in [3.05, 3.63) is 10.4 Å². The number of azide groups is 1. The second kappa shape index (κ2) is 5.50. The molecule has 1 unspecified atom stereocenters. The number of Topliss-reactive ketones (excluding diaryl/α,β-unsaturated/α-hetero) is 1. The maximum Gasteiger partial charge on any atom is 0.169 e. The molecule has 7 heteroatoms. The van der Waals surface area contributed by atoms with Crippen LogP contribution in [0.15, 0.2) is 5.11 Å². The van der Waals surface area contributed by atoms with E-state index in [9.17, 15) is 4.79 Å². The molecule has 0 heterocycles. The molecule has 0 radical (unpaired) electrons. The fourth-order valence-corrected chi connectivity index (χ4v) is 0.509. The maximum atomic E-state index is 10.7. The lowest BCUT2D eigenvalue weighted by Crippen LogP contribution is -2.37. The van der Waals surface area contributed by atoms with Crippen molar-refractivity contribution in [3.63, 3.8) is 0 Å². The SMILES string of the molecule is [N-]=[N+]=NCC(=O)[C@H](O)C(O)CO. The number of aliphatic hydroxyl groups excluding tert-OH is 3. The molecule has 68 valence electrons. The zero-order chi connectivity index (χ0) is 9.56. The lowest BCUT2D eigenvalue weighted by atomic mass is 10.1. The van der Waals surface area contributed by atoms with E-state index in [0.29, 0.717) is 0 Å². The summed E-state index contributed by atoms with van der Waals surface area (Å²) < 4.78 is 0. The highest BCUT2D eigenvalue weighted by Crippen LogP contribution is 1.94. The van der Waals surface area contributed by atoms with Crippen LogP contribution in [0.3, 0.4) is 0 Å². The molecule has 2 atom stereocenters. The number of aliphatic hydroxyl groups is 3. The number of nitrogens with zero attached hydrogens (tertiary/aromatic N) is 3. The van der Waals surface area contributed by atoms with Gasteiger partial charge in [-0.15, -0.1) is 0 Å². The summed E-state index contributed by atoms with van der Waals surface area (Å²) in [5.41, 5.74) is 7.81. The van der Waals surface area contributed by atoms with Gasteiger partial charge < -0.3 is 15.3 Å². The van der Waals surface area contributed by atoms with Crippen LogP contribution in [0.4, 0.5) is 0 Å². The van der Waals surface area contributed by atoms with E-state index in [-0.39, 0.29) is 0 Å². The van der Waals surface area contributed by atoms with Crippen LogP contribution in [0, 0.1) is 0 Å². The molecule has 0 fully saturated rings. The summed E-state index contributed by atoms with van der Waals surface area (Å²) in [6.07, 6.45) is -3.22. The van der Waals surface area contributed by atoms with Crippen molar-refractivity contribution in [2.45, 2.75) is 12.2 Å². The molecule has 0 spiro atoms. The highest BCUT2D eigenvalue weighted by atomic mass is 16.4. The number of carbonyl (C=O) groups excluding carboxylic acids is 1. The minimum absolute atomic E-state index is 0.533. The third kappa shape index (κ3) is 3.31. The summed E-state index contributed by atoms with van der Waals surface area (Å²) in [6.45, 7) is -1.25. The maximum absolute atomic E-state index is 10.7. The average molecular weight is 175 g/mol. The molecule has 12 heavy (non-hydrogen) atoms. The Labute approximate surface area is 67.9 Å². The van der Waals surface area contributed by atoms with Crippen molar-refractivity contribution in [3.8, 4) is 0 Å². The van der Waals surface area contributed by atoms with Crippen LogP contribution in [0.5, 0.6) is 0 Å². The van der Waals surface area contributed by atoms with Gasteiger partial charge in [0.2, 0.25) is 0 Å². The van der Waals surface area contributed by atoms with Gasteiger partial charge in [0, 0.05) is 4.91 Å². The highest BCUT2D eigenvalue weighted by Gasteiger charge is 2.22. The van der Waals surface area contributed by atoms with Gasteiger partial charge in [-0.05, 0) is 5.53 Å². The molecule has 0 aromatic heterocycles. The first-order valence-electron chi connectivity index (χ1n) is 3.14. The van der Waals surface area contributed by atoms with Crippen LogP contribution in [0.1, 0.15) is 0 Å². The quantitative estimate of drug-likeness (QED) is 0.269. The largest absolute Gasteiger partial charge is 0.394 e. The lowest BCUT2D eigenvalue weighted by Gasteiger charge is -2.12. The molecule has 0 aliphatic carbocycles. The van der Waals surface area contributed by atoms with Crippen molar-refractivity contribution >= 4 is 5.78 Å². The third-order valence-electron chi connectivity index (χ3n) is 1.17. The van der Waals surface area contributed by atoms with Crippen LogP contribution in [-0.2, 0) is 4.79 Å². The minimum Gasteiger partial charge on any atom is -0.394 e. The molecule has 0 amide bonds. The van der Waals surface area contributed by atoms with Gasteiger partial charge in [-0.3, -0.25) is 4.79 Å². The Hall–Kier alpha value is -1.14. The van der Waals surface area contributed by atoms with Gasteiger partial charge in [-0.1, -0.05) is 5.11 Å². The smallest absolute Gasteiger partial charge is 0.169 e. The van der Waals surface area contributed by atoms with Crippen LogP contribution < -0.4 is 0 Å².